The Morgan fingerprint density at radius 3 is 2.93 bits per heavy atom. The van der Waals surface area contributed by atoms with Gasteiger partial charge in [0, 0.05) is 6.42 Å². The number of unbranched alkanes of at least 4 members (excludes halogenated alkanes) is 2. The number of rotatable bonds is 5. The van der Waals surface area contributed by atoms with E-state index in [1.807, 2.05) is 0 Å². The molecule has 0 saturated carbocycles. The summed E-state index contributed by atoms with van der Waals surface area (Å²) in [7, 11) is 0. The molecule has 2 N–H and O–H groups in total. The Balaban J connectivity index is 2.52. The van der Waals surface area contributed by atoms with Crippen molar-refractivity contribution in [3.63, 3.8) is 0 Å². The number of carbonyl (C=O) groups is 1. The Hall–Kier alpha value is -0.820. The Kier molecular flexibility index (Phi) is 4.83. The molecule has 0 fully saturated rings. The highest BCUT2D eigenvalue weighted by atomic mass is 32.1. The van der Waals surface area contributed by atoms with Crippen molar-refractivity contribution in [1.29, 1.82) is 0 Å². The van der Waals surface area contributed by atoms with Gasteiger partial charge in [0.1, 0.15) is 5.01 Å². The molecule has 2 amide bonds. The summed E-state index contributed by atoms with van der Waals surface area (Å²) >= 11 is 5.16. The fourth-order valence-corrected chi connectivity index (χ4v) is 1.88. The van der Waals surface area contributed by atoms with E-state index in [0.717, 1.165) is 22.2 Å². The summed E-state index contributed by atoms with van der Waals surface area (Å²) in [4.78, 5) is 14.9. The number of hydrogen-bond donors (Lipinski definition) is 2. The van der Waals surface area contributed by atoms with Gasteiger partial charge in [0.15, 0.2) is 0 Å². The quantitative estimate of drug-likeness (QED) is 0.616. The zero-order chi connectivity index (χ0) is 11.3. The van der Waals surface area contributed by atoms with Crippen LogP contribution < -0.4 is 10.0 Å². The highest BCUT2D eigenvalue weighted by Crippen LogP contribution is 2.16. The SMILES string of the molecule is CCCCCc1nc(N(S)C(N)=O)ns1. The maximum Gasteiger partial charge on any atom is 0.331 e. The maximum absolute atomic E-state index is 10.8. The summed E-state index contributed by atoms with van der Waals surface area (Å²) in [6.45, 7) is 2.15. The number of amides is 2. The Labute approximate surface area is 98.4 Å². The molecule has 0 atom stereocenters. The normalized spacial score (nSPS) is 10.3. The second-order valence-electron chi connectivity index (χ2n) is 3.10. The molecule has 0 aliphatic carbocycles. The molecule has 0 aliphatic rings. The second-order valence-corrected chi connectivity index (χ2v) is 4.33. The highest BCUT2D eigenvalue weighted by Gasteiger charge is 2.13. The lowest BCUT2D eigenvalue weighted by molar-refractivity contribution is 0.257. The topological polar surface area (TPSA) is 72.1 Å². The van der Waals surface area contributed by atoms with Gasteiger partial charge in [-0.2, -0.15) is 4.37 Å². The van der Waals surface area contributed by atoms with Crippen LogP contribution >= 0.6 is 24.3 Å². The standard InChI is InChI=1S/C8H14N4OS2/c1-2-3-4-5-6-10-8(11-15-6)12(14)7(9)13/h14H,2-5H2,1H3,(H2,9,13). The summed E-state index contributed by atoms with van der Waals surface area (Å²) in [6.07, 6.45) is 4.33. The number of nitrogens with zero attached hydrogens (tertiary/aromatic N) is 3. The minimum absolute atomic E-state index is 0.266. The molecule has 5 nitrogen and oxygen atoms in total. The van der Waals surface area contributed by atoms with Crippen LogP contribution in [0.4, 0.5) is 10.7 Å². The molecule has 0 unspecified atom stereocenters. The molecule has 7 heteroatoms. The van der Waals surface area contributed by atoms with Crippen molar-refractivity contribution in [3.8, 4) is 0 Å². The average Bonchev–Trinajstić information content (AvgIpc) is 2.65. The van der Waals surface area contributed by atoms with E-state index >= 15 is 0 Å². The number of thiol groups is 1. The van der Waals surface area contributed by atoms with Crippen LogP contribution in [0.5, 0.6) is 0 Å². The number of anilines is 1. The van der Waals surface area contributed by atoms with Gasteiger partial charge in [-0.25, -0.2) is 14.1 Å². The first-order chi connectivity index (χ1) is 7.15. The second kappa shape index (κ2) is 5.92. The van der Waals surface area contributed by atoms with Gasteiger partial charge in [0.2, 0.25) is 0 Å². The number of carbonyl (C=O) groups excluding carboxylic acids is 1. The molecule has 0 spiro atoms. The summed E-state index contributed by atoms with van der Waals surface area (Å²) in [5.74, 6) is 0.266. The van der Waals surface area contributed by atoms with E-state index in [1.165, 1.54) is 24.4 Å². The lowest BCUT2D eigenvalue weighted by Crippen LogP contribution is -2.27. The molecule has 0 aliphatic heterocycles. The van der Waals surface area contributed by atoms with Gasteiger partial charge in [-0.05, 0) is 18.0 Å². The van der Waals surface area contributed by atoms with Gasteiger partial charge in [-0.15, -0.1) is 0 Å². The first-order valence-electron chi connectivity index (χ1n) is 4.76. The van der Waals surface area contributed by atoms with Crippen molar-refractivity contribution < 1.29 is 4.79 Å². The Morgan fingerprint density at radius 1 is 1.60 bits per heavy atom. The first-order valence-corrected chi connectivity index (χ1v) is 5.93. The van der Waals surface area contributed by atoms with Gasteiger partial charge >= 0.3 is 6.03 Å². The highest BCUT2D eigenvalue weighted by molar-refractivity contribution is 7.82. The number of primary amides is 1. The molecular weight excluding hydrogens is 232 g/mol. The monoisotopic (exact) mass is 246 g/mol. The fourth-order valence-electron chi connectivity index (χ4n) is 1.06. The van der Waals surface area contributed by atoms with E-state index in [4.69, 9.17) is 5.73 Å². The van der Waals surface area contributed by atoms with E-state index in [9.17, 15) is 4.79 Å². The van der Waals surface area contributed by atoms with E-state index in [-0.39, 0.29) is 5.95 Å². The molecule has 0 radical (unpaired) electrons. The van der Waals surface area contributed by atoms with Crippen molar-refractivity contribution in [2.75, 3.05) is 4.31 Å². The van der Waals surface area contributed by atoms with Crippen LogP contribution in [-0.4, -0.2) is 15.4 Å². The lowest BCUT2D eigenvalue weighted by Gasteiger charge is -2.05. The predicted octanol–water partition coefficient (Wildman–Crippen LogP) is 2.00. The number of hydrogen-bond acceptors (Lipinski definition) is 5. The third-order valence-electron chi connectivity index (χ3n) is 1.85. The number of aromatic nitrogens is 2. The summed E-state index contributed by atoms with van der Waals surface area (Å²) in [5, 5.41) is 0.916. The van der Waals surface area contributed by atoms with Crippen LogP contribution in [0.3, 0.4) is 0 Å². The zero-order valence-electron chi connectivity index (χ0n) is 8.51. The molecule has 0 aromatic carbocycles. The molecule has 0 saturated heterocycles. The lowest BCUT2D eigenvalue weighted by atomic mass is 10.2. The molecule has 1 aromatic rings. The number of nitrogens with two attached hydrogens (primary N) is 1. The van der Waals surface area contributed by atoms with Crippen molar-refractivity contribution >= 4 is 36.3 Å². The van der Waals surface area contributed by atoms with Crippen molar-refractivity contribution in [3.05, 3.63) is 5.01 Å². The smallest absolute Gasteiger partial charge is 0.331 e. The van der Waals surface area contributed by atoms with Gasteiger partial charge in [-0.3, -0.25) is 0 Å². The third-order valence-corrected chi connectivity index (χ3v) is 2.99. The largest absolute Gasteiger partial charge is 0.350 e. The van der Waals surface area contributed by atoms with Crippen LogP contribution in [0.1, 0.15) is 31.2 Å². The molecule has 15 heavy (non-hydrogen) atoms. The van der Waals surface area contributed by atoms with Crippen molar-refractivity contribution in [2.45, 2.75) is 32.6 Å². The van der Waals surface area contributed by atoms with Crippen LogP contribution in [0.2, 0.25) is 0 Å². The van der Waals surface area contributed by atoms with E-state index < -0.39 is 6.03 Å². The zero-order valence-corrected chi connectivity index (χ0v) is 10.2. The molecule has 1 aromatic heterocycles. The predicted molar refractivity (Wildman–Crippen MR) is 64.2 cm³/mol. The number of aryl methyl sites for hydroxylation is 1. The van der Waals surface area contributed by atoms with Gasteiger partial charge in [-0.1, -0.05) is 32.6 Å². The van der Waals surface area contributed by atoms with Crippen molar-refractivity contribution in [2.24, 2.45) is 5.73 Å². The van der Waals surface area contributed by atoms with Crippen molar-refractivity contribution in [1.82, 2.24) is 9.36 Å². The van der Waals surface area contributed by atoms with Crippen LogP contribution in [0.15, 0.2) is 0 Å². The van der Waals surface area contributed by atoms with E-state index in [1.54, 1.807) is 0 Å². The van der Waals surface area contributed by atoms with E-state index in [0.29, 0.717) is 0 Å². The molecule has 1 heterocycles. The van der Waals surface area contributed by atoms with Crippen LogP contribution in [-0.2, 0) is 6.42 Å². The first kappa shape index (κ1) is 12.3. The molecule has 1 rings (SSSR count). The molecule has 84 valence electrons. The molecule has 0 bridgehead atoms. The van der Waals surface area contributed by atoms with Gasteiger partial charge < -0.3 is 5.73 Å². The fraction of sp³-hybridized carbons (Fsp3) is 0.625. The Bertz CT molecular complexity index is 328. The molecular formula is C8H14N4OS2. The van der Waals surface area contributed by atoms with Crippen LogP contribution in [0.25, 0.3) is 0 Å². The van der Waals surface area contributed by atoms with Crippen LogP contribution in [0, 0.1) is 0 Å². The average molecular weight is 246 g/mol. The third kappa shape index (κ3) is 3.67. The number of urea groups is 1. The maximum atomic E-state index is 10.8. The van der Waals surface area contributed by atoms with E-state index in [2.05, 4.69) is 29.1 Å². The summed E-state index contributed by atoms with van der Waals surface area (Å²) in [6, 6.07) is -0.670. The Morgan fingerprint density at radius 2 is 2.33 bits per heavy atom. The minimum Gasteiger partial charge on any atom is -0.350 e. The summed E-state index contributed by atoms with van der Waals surface area (Å²) < 4.78 is 4.94. The van der Waals surface area contributed by atoms with Gasteiger partial charge in [0.25, 0.3) is 5.95 Å². The van der Waals surface area contributed by atoms with Gasteiger partial charge in [0.05, 0.1) is 0 Å². The minimum atomic E-state index is -0.670. The summed E-state index contributed by atoms with van der Waals surface area (Å²) in [5.41, 5.74) is 5.03.